The van der Waals surface area contributed by atoms with E-state index in [0.717, 1.165) is 12.4 Å². The van der Waals surface area contributed by atoms with E-state index >= 15 is 0 Å². The summed E-state index contributed by atoms with van der Waals surface area (Å²) in [4.78, 5) is 31.3. The number of anilines is 3. The van der Waals surface area contributed by atoms with Crippen molar-refractivity contribution in [2.45, 2.75) is 6.92 Å². The highest BCUT2D eigenvalue weighted by molar-refractivity contribution is 6.03. The van der Waals surface area contributed by atoms with E-state index in [-0.39, 0.29) is 17.3 Å². The molecule has 0 aliphatic rings. The first-order valence-corrected chi connectivity index (χ1v) is 8.00. The monoisotopic (exact) mass is 386 g/mol. The van der Waals surface area contributed by atoms with Gasteiger partial charge in [-0.05, 0) is 43.3 Å². The van der Waals surface area contributed by atoms with Crippen molar-refractivity contribution in [1.29, 1.82) is 0 Å². The molecule has 3 rings (SSSR count). The minimum Gasteiger partial charge on any atom is -0.340 e. The molecular formula is C19H13F3N4O2. The van der Waals surface area contributed by atoms with Crippen LogP contribution in [-0.4, -0.2) is 21.7 Å². The van der Waals surface area contributed by atoms with Crippen LogP contribution in [0.2, 0.25) is 0 Å². The van der Waals surface area contributed by atoms with Gasteiger partial charge in [0, 0.05) is 17.3 Å². The number of amides is 1. The molecule has 0 aliphatic carbocycles. The maximum Gasteiger partial charge on any atom is 0.274 e. The number of hydrogen-bond donors (Lipinski definition) is 2. The Morgan fingerprint density at radius 1 is 0.929 bits per heavy atom. The summed E-state index contributed by atoms with van der Waals surface area (Å²) < 4.78 is 39.9. The van der Waals surface area contributed by atoms with E-state index in [1.807, 2.05) is 0 Å². The Morgan fingerprint density at radius 3 is 2.32 bits per heavy atom. The Kier molecular flexibility index (Phi) is 5.35. The van der Waals surface area contributed by atoms with Gasteiger partial charge in [-0.2, -0.15) is 0 Å². The van der Waals surface area contributed by atoms with E-state index < -0.39 is 29.0 Å². The maximum atomic E-state index is 13.7. The fraction of sp³-hybridized carbons (Fsp3) is 0.0526. The number of carbonyl (C=O) groups excluding carboxylic acids is 2. The van der Waals surface area contributed by atoms with Gasteiger partial charge in [0.1, 0.15) is 17.8 Å². The summed E-state index contributed by atoms with van der Waals surface area (Å²) in [5.41, 5.74) is 0.516. The molecule has 0 atom stereocenters. The van der Waals surface area contributed by atoms with Gasteiger partial charge in [-0.15, -0.1) is 0 Å². The van der Waals surface area contributed by atoms with Crippen molar-refractivity contribution in [1.82, 2.24) is 9.97 Å². The smallest absolute Gasteiger partial charge is 0.274 e. The fourth-order valence-electron chi connectivity index (χ4n) is 2.29. The van der Waals surface area contributed by atoms with Crippen LogP contribution in [0.5, 0.6) is 0 Å². The second-order valence-electron chi connectivity index (χ2n) is 5.72. The summed E-state index contributed by atoms with van der Waals surface area (Å²) in [7, 11) is 0. The van der Waals surface area contributed by atoms with Gasteiger partial charge in [-0.3, -0.25) is 9.59 Å². The van der Waals surface area contributed by atoms with Crippen LogP contribution in [0.4, 0.5) is 30.4 Å². The van der Waals surface area contributed by atoms with E-state index in [4.69, 9.17) is 0 Å². The molecular weight excluding hydrogens is 373 g/mol. The van der Waals surface area contributed by atoms with Crippen molar-refractivity contribution >= 4 is 28.9 Å². The molecule has 0 saturated carbocycles. The van der Waals surface area contributed by atoms with E-state index in [1.54, 1.807) is 24.3 Å². The number of benzene rings is 2. The molecule has 0 radical (unpaired) electrons. The molecule has 2 N–H and O–H groups in total. The second-order valence-corrected chi connectivity index (χ2v) is 5.72. The molecule has 1 aromatic heterocycles. The number of nitrogens with one attached hydrogen (secondary N) is 2. The third kappa shape index (κ3) is 4.14. The lowest BCUT2D eigenvalue weighted by Gasteiger charge is -2.09. The molecule has 0 bridgehead atoms. The van der Waals surface area contributed by atoms with E-state index in [1.165, 1.54) is 13.0 Å². The molecule has 0 aliphatic heterocycles. The number of aromatic nitrogens is 2. The first-order chi connectivity index (χ1) is 13.3. The lowest BCUT2D eigenvalue weighted by atomic mass is 10.1. The fourth-order valence-corrected chi connectivity index (χ4v) is 2.29. The number of hydrogen-bond acceptors (Lipinski definition) is 5. The zero-order valence-corrected chi connectivity index (χ0v) is 14.5. The number of nitrogens with zero attached hydrogens (tertiary/aromatic N) is 2. The summed E-state index contributed by atoms with van der Waals surface area (Å²) in [6.45, 7) is 1.45. The van der Waals surface area contributed by atoms with Gasteiger partial charge >= 0.3 is 0 Å². The number of rotatable bonds is 5. The summed E-state index contributed by atoms with van der Waals surface area (Å²) >= 11 is 0. The normalized spacial score (nSPS) is 10.4. The Hall–Kier alpha value is -3.75. The Bertz CT molecular complexity index is 1060. The molecule has 6 nitrogen and oxygen atoms in total. The first kappa shape index (κ1) is 19.0. The van der Waals surface area contributed by atoms with Crippen molar-refractivity contribution in [2.24, 2.45) is 0 Å². The predicted molar refractivity (Wildman–Crippen MR) is 96.0 cm³/mol. The lowest BCUT2D eigenvalue weighted by Crippen LogP contribution is -2.16. The van der Waals surface area contributed by atoms with Crippen molar-refractivity contribution in [2.75, 3.05) is 10.6 Å². The number of ketones is 1. The average molecular weight is 386 g/mol. The zero-order valence-electron chi connectivity index (χ0n) is 14.5. The average Bonchev–Trinajstić information content (AvgIpc) is 2.69. The van der Waals surface area contributed by atoms with Crippen LogP contribution >= 0.6 is 0 Å². The van der Waals surface area contributed by atoms with Gasteiger partial charge in [-0.25, -0.2) is 23.1 Å². The third-order valence-electron chi connectivity index (χ3n) is 3.75. The molecule has 142 valence electrons. The summed E-state index contributed by atoms with van der Waals surface area (Å²) in [6, 6.07) is 9.49. The van der Waals surface area contributed by atoms with Crippen molar-refractivity contribution in [3.8, 4) is 0 Å². The van der Waals surface area contributed by atoms with Gasteiger partial charge in [0.15, 0.2) is 23.2 Å². The van der Waals surface area contributed by atoms with Crippen LogP contribution in [0.15, 0.2) is 48.8 Å². The van der Waals surface area contributed by atoms with Gasteiger partial charge in [0.05, 0.1) is 5.69 Å². The molecule has 0 spiro atoms. The molecule has 1 amide bonds. The molecule has 3 aromatic rings. The van der Waals surface area contributed by atoms with Crippen LogP contribution < -0.4 is 10.6 Å². The molecule has 28 heavy (non-hydrogen) atoms. The van der Waals surface area contributed by atoms with Crippen LogP contribution in [-0.2, 0) is 0 Å². The maximum absolute atomic E-state index is 13.7. The largest absolute Gasteiger partial charge is 0.340 e. The molecule has 9 heteroatoms. The van der Waals surface area contributed by atoms with E-state index in [2.05, 4.69) is 20.6 Å². The summed E-state index contributed by atoms with van der Waals surface area (Å²) in [6.07, 6.45) is 1.11. The SMILES string of the molecule is CC(=O)c1ccc(Nc2cc(C(=O)Nc3ccc(F)c(F)c3F)ncn2)cc1. The number of carbonyl (C=O) groups is 2. The van der Waals surface area contributed by atoms with E-state index in [9.17, 15) is 22.8 Å². The molecule has 1 heterocycles. The minimum absolute atomic E-state index is 0.0722. The number of Topliss-reactive ketones (excluding diaryl/α,β-unsaturated/α-hetero) is 1. The van der Waals surface area contributed by atoms with Gasteiger partial charge in [0.25, 0.3) is 5.91 Å². The Labute approximate surface area is 157 Å². The summed E-state index contributed by atoms with van der Waals surface area (Å²) in [5.74, 6) is -5.19. The second kappa shape index (κ2) is 7.87. The highest BCUT2D eigenvalue weighted by atomic mass is 19.2. The zero-order chi connectivity index (χ0) is 20.3. The van der Waals surface area contributed by atoms with Gasteiger partial charge < -0.3 is 10.6 Å². The lowest BCUT2D eigenvalue weighted by molar-refractivity contribution is 0.101. The van der Waals surface area contributed by atoms with Crippen LogP contribution in [0.3, 0.4) is 0 Å². The predicted octanol–water partition coefficient (Wildman–Crippen LogP) is 4.09. The Balaban J connectivity index is 1.76. The molecule has 2 aromatic carbocycles. The number of halogens is 3. The highest BCUT2D eigenvalue weighted by Gasteiger charge is 2.17. The summed E-state index contributed by atoms with van der Waals surface area (Å²) in [5, 5.41) is 5.06. The minimum atomic E-state index is -1.68. The molecule has 0 saturated heterocycles. The first-order valence-electron chi connectivity index (χ1n) is 8.00. The van der Waals surface area contributed by atoms with Crippen molar-refractivity contribution < 1.29 is 22.8 Å². The third-order valence-corrected chi connectivity index (χ3v) is 3.75. The standard InChI is InChI=1S/C19H13F3N4O2/c1-10(27)11-2-4-12(5-3-11)25-16-8-15(23-9-24-16)19(28)26-14-7-6-13(20)17(21)18(14)22/h2-9H,1H3,(H,26,28)(H,23,24,25). The van der Waals surface area contributed by atoms with Gasteiger partial charge in [0.2, 0.25) is 0 Å². The Morgan fingerprint density at radius 2 is 1.64 bits per heavy atom. The molecule has 0 fully saturated rings. The quantitative estimate of drug-likeness (QED) is 0.510. The highest BCUT2D eigenvalue weighted by Crippen LogP contribution is 2.21. The molecule has 0 unspecified atom stereocenters. The topological polar surface area (TPSA) is 84.0 Å². The van der Waals surface area contributed by atoms with Gasteiger partial charge in [-0.1, -0.05) is 0 Å². The van der Waals surface area contributed by atoms with Crippen molar-refractivity contribution in [3.63, 3.8) is 0 Å². The van der Waals surface area contributed by atoms with Crippen molar-refractivity contribution in [3.05, 3.63) is 77.5 Å². The van der Waals surface area contributed by atoms with Crippen LogP contribution in [0.1, 0.15) is 27.8 Å². The van der Waals surface area contributed by atoms with Crippen LogP contribution in [0, 0.1) is 17.5 Å². The van der Waals surface area contributed by atoms with E-state index in [0.29, 0.717) is 17.3 Å². The van der Waals surface area contributed by atoms with Crippen LogP contribution in [0.25, 0.3) is 0 Å².